The van der Waals surface area contributed by atoms with Crippen LogP contribution in [0.25, 0.3) is 11.0 Å². The number of hydrogen-bond acceptors (Lipinski definition) is 3. The molecule has 1 aromatic heterocycles. The van der Waals surface area contributed by atoms with Gasteiger partial charge in [0.2, 0.25) is 5.91 Å². The Morgan fingerprint density at radius 2 is 1.65 bits per heavy atom. The Labute approximate surface area is 184 Å². The fourth-order valence-electron chi connectivity index (χ4n) is 4.76. The number of ether oxygens (including phenoxy) is 1. The Bertz CT molecular complexity index is 1030. The zero-order valence-corrected chi connectivity index (χ0v) is 19.0. The van der Waals surface area contributed by atoms with Gasteiger partial charge in [0.25, 0.3) is 0 Å². The Balaban J connectivity index is 1.74. The first-order chi connectivity index (χ1) is 14.9. The van der Waals surface area contributed by atoms with Crippen LogP contribution in [0.2, 0.25) is 0 Å². The van der Waals surface area contributed by atoms with Crippen LogP contribution < -0.4 is 5.32 Å². The highest BCUT2D eigenvalue weighted by molar-refractivity contribution is 5.89. The second kappa shape index (κ2) is 8.83. The van der Waals surface area contributed by atoms with Crippen LogP contribution in [0.5, 0.6) is 0 Å². The number of nitrogens with one attached hydrogen (secondary N) is 1. The van der Waals surface area contributed by atoms with Gasteiger partial charge in [0.05, 0.1) is 22.5 Å². The molecule has 1 aliphatic rings. The van der Waals surface area contributed by atoms with Crippen LogP contribution in [0.3, 0.4) is 0 Å². The number of carbonyl (C=O) groups is 1. The molecule has 2 aromatic carbocycles. The van der Waals surface area contributed by atoms with E-state index in [1.807, 2.05) is 36.4 Å². The molecule has 2 heterocycles. The normalized spacial score (nSPS) is 17.2. The summed E-state index contributed by atoms with van der Waals surface area (Å²) in [6.07, 6.45) is 1.38. The number of carbonyl (C=O) groups excluding carboxylic acids is 1. The summed E-state index contributed by atoms with van der Waals surface area (Å²) in [5, 5.41) is 3.42. The van der Waals surface area contributed by atoms with Gasteiger partial charge in [0, 0.05) is 19.3 Å². The van der Waals surface area contributed by atoms with Crippen LogP contribution in [0, 0.1) is 5.92 Å². The van der Waals surface area contributed by atoms with Crippen molar-refractivity contribution in [3.63, 3.8) is 0 Å². The minimum atomic E-state index is -0.568. The number of imidazole rings is 1. The summed E-state index contributed by atoms with van der Waals surface area (Å²) in [5.74, 6) is 1.20. The number of aromatic nitrogens is 2. The van der Waals surface area contributed by atoms with E-state index >= 15 is 0 Å². The molecule has 1 aliphatic heterocycles. The van der Waals surface area contributed by atoms with Gasteiger partial charge in [-0.2, -0.15) is 0 Å². The van der Waals surface area contributed by atoms with E-state index in [0.29, 0.717) is 26.1 Å². The third-order valence-corrected chi connectivity index (χ3v) is 6.48. The van der Waals surface area contributed by atoms with Crippen LogP contribution >= 0.6 is 0 Å². The SMILES string of the molecule is CC(C)[C@H](NC(=O)C1(c2ccccc2)CCOCC1)c1nc2ccccc2n1C(C)C. The molecule has 0 radical (unpaired) electrons. The van der Waals surface area contributed by atoms with Crippen molar-refractivity contribution in [2.24, 2.45) is 5.92 Å². The van der Waals surface area contributed by atoms with E-state index < -0.39 is 5.41 Å². The summed E-state index contributed by atoms with van der Waals surface area (Å²) < 4.78 is 7.89. The molecular weight excluding hydrogens is 386 g/mol. The minimum absolute atomic E-state index is 0.0723. The number of rotatable bonds is 6. The summed E-state index contributed by atoms with van der Waals surface area (Å²) in [5.41, 5.74) is 2.57. The lowest BCUT2D eigenvalue weighted by Gasteiger charge is -2.38. The molecule has 0 aliphatic carbocycles. The van der Waals surface area contributed by atoms with Crippen molar-refractivity contribution in [3.05, 3.63) is 66.0 Å². The summed E-state index contributed by atoms with van der Waals surface area (Å²) in [6, 6.07) is 18.4. The summed E-state index contributed by atoms with van der Waals surface area (Å²) >= 11 is 0. The van der Waals surface area contributed by atoms with E-state index in [9.17, 15) is 4.79 Å². The highest BCUT2D eigenvalue weighted by Gasteiger charge is 2.43. The van der Waals surface area contributed by atoms with Crippen molar-refractivity contribution in [1.29, 1.82) is 0 Å². The van der Waals surface area contributed by atoms with Crippen LogP contribution in [0.15, 0.2) is 54.6 Å². The van der Waals surface area contributed by atoms with Crippen molar-refractivity contribution in [3.8, 4) is 0 Å². The van der Waals surface area contributed by atoms with Crippen molar-refractivity contribution >= 4 is 16.9 Å². The molecule has 5 heteroatoms. The van der Waals surface area contributed by atoms with E-state index in [1.165, 1.54) is 0 Å². The Morgan fingerprint density at radius 1 is 1.00 bits per heavy atom. The lowest BCUT2D eigenvalue weighted by atomic mass is 9.73. The fourth-order valence-corrected chi connectivity index (χ4v) is 4.76. The van der Waals surface area contributed by atoms with Gasteiger partial charge >= 0.3 is 0 Å². The largest absolute Gasteiger partial charge is 0.381 e. The van der Waals surface area contributed by atoms with Gasteiger partial charge in [0.1, 0.15) is 5.82 Å². The van der Waals surface area contributed by atoms with Crippen molar-refractivity contribution in [1.82, 2.24) is 14.9 Å². The predicted molar refractivity (Wildman–Crippen MR) is 124 cm³/mol. The minimum Gasteiger partial charge on any atom is -0.381 e. The number of para-hydroxylation sites is 2. The monoisotopic (exact) mass is 419 g/mol. The van der Waals surface area contributed by atoms with Gasteiger partial charge in [0.15, 0.2) is 0 Å². The van der Waals surface area contributed by atoms with E-state index in [0.717, 1.165) is 22.4 Å². The third kappa shape index (κ3) is 3.99. The number of fused-ring (bicyclic) bond motifs is 1. The van der Waals surface area contributed by atoms with Crippen molar-refractivity contribution in [2.75, 3.05) is 13.2 Å². The molecule has 1 N–H and O–H groups in total. The Morgan fingerprint density at radius 3 is 2.29 bits per heavy atom. The smallest absolute Gasteiger partial charge is 0.231 e. The molecule has 1 saturated heterocycles. The number of nitrogens with zero attached hydrogens (tertiary/aromatic N) is 2. The maximum atomic E-state index is 13.9. The van der Waals surface area contributed by atoms with Gasteiger partial charge in [-0.25, -0.2) is 4.98 Å². The molecule has 3 aromatic rings. The first kappa shape index (κ1) is 21.6. The first-order valence-corrected chi connectivity index (χ1v) is 11.3. The highest BCUT2D eigenvalue weighted by atomic mass is 16.5. The van der Waals surface area contributed by atoms with Gasteiger partial charge < -0.3 is 14.6 Å². The molecule has 1 fully saturated rings. The van der Waals surface area contributed by atoms with E-state index in [1.54, 1.807) is 0 Å². The average molecular weight is 420 g/mol. The van der Waals surface area contributed by atoms with Crippen LogP contribution in [0.4, 0.5) is 0 Å². The van der Waals surface area contributed by atoms with Crippen LogP contribution in [-0.4, -0.2) is 28.7 Å². The lowest BCUT2D eigenvalue weighted by molar-refractivity contribution is -0.131. The zero-order chi connectivity index (χ0) is 22.0. The zero-order valence-electron chi connectivity index (χ0n) is 19.0. The van der Waals surface area contributed by atoms with Gasteiger partial charge in [-0.1, -0.05) is 56.3 Å². The Hall–Kier alpha value is -2.66. The van der Waals surface area contributed by atoms with E-state index in [4.69, 9.17) is 9.72 Å². The maximum Gasteiger partial charge on any atom is 0.231 e. The maximum absolute atomic E-state index is 13.9. The lowest BCUT2D eigenvalue weighted by Crippen LogP contribution is -2.50. The molecule has 0 saturated carbocycles. The molecule has 0 unspecified atom stereocenters. The summed E-state index contributed by atoms with van der Waals surface area (Å²) in [7, 11) is 0. The standard InChI is InChI=1S/C26H33N3O2/c1-18(2)23(24-27-21-12-8-9-13-22(21)29(24)19(3)4)28-25(30)26(14-16-31-17-15-26)20-10-6-5-7-11-20/h5-13,18-19,23H,14-17H2,1-4H3,(H,28,30)/t23-/m0/s1. The molecule has 0 bridgehead atoms. The second-order valence-corrected chi connectivity index (χ2v) is 9.18. The molecule has 164 valence electrons. The molecule has 1 amide bonds. The van der Waals surface area contributed by atoms with Crippen LogP contribution in [0.1, 0.15) is 64.0 Å². The molecule has 31 heavy (non-hydrogen) atoms. The topological polar surface area (TPSA) is 56.1 Å². The highest BCUT2D eigenvalue weighted by Crippen LogP contribution is 2.37. The number of hydrogen-bond donors (Lipinski definition) is 1. The van der Waals surface area contributed by atoms with Gasteiger partial charge in [-0.15, -0.1) is 0 Å². The molecule has 4 rings (SSSR count). The van der Waals surface area contributed by atoms with Crippen molar-refractivity contribution in [2.45, 2.75) is 58.0 Å². The second-order valence-electron chi connectivity index (χ2n) is 9.18. The van der Waals surface area contributed by atoms with Crippen molar-refractivity contribution < 1.29 is 9.53 Å². The van der Waals surface area contributed by atoms with E-state index in [-0.39, 0.29) is 23.9 Å². The quantitative estimate of drug-likeness (QED) is 0.599. The average Bonchev–Trinajstić information content (AvgIpc) is 3.17. The summed E-state index contributed by atoms with van der Waals surface area (Å²) in [6.45, 7) is 9.82. The van der Waals surface area contributed by atoms with E-state index in [2.05, 4.69) is 55.8 Å². The number of benzene rings is 2. The number of amides is 1. The fraction of sp³-hybridized carbons (Fsp3) is 0.462. The molecule has 1 atom stereocenters. The molecule has 0 spiro atoms. The predicted octanol–water partition coefficient (Wildman–Crippen LogP) is 5.18. The third-order valence-electron chi connectivity index (χ3n) is 6.48. The summed E-state index contributed by atoms with van der Waals surface area (Å²) in [4.78, 5) is 18.9. The Kier molecular flexibility index (Phi) is 6.15. The van der Waals surface area contributed by atoms with Gasteiger partial charge in [-0.05, 0) is 50.3 Å². The van der Waals surface area contributed by atoms with Gasteiger partial charge in [-0.3, -0.25) is 4.79 Å². The van der Waals surface area contributed by atoms with Crippen LogP contribution in [-0.2, 0) is 14.9 Å². The first-order valence-electron chi connectivity index (χ1n) is 11.3. The molecular formula is C26H33N3O2. The molecule has 5 nitrogen and oxygen atoms in total.